The van der Waals surface area contributed by atoms with Gasteiger partial charge in [-0.2, -0.15) is 0 Å². The molecule has 0 radical (unpaired) electrons. The normalized spacial score (nSPS) is 14.7. The van der Waals surface area contributed by atoms with Crippen LogP contribution >= 0.6 is 11.6 Å². The minimum Gasteiger partial charge on any atom is -0.367 e. The van der Waals surface area contributed by atoms with Crippen molar-refractivity contribution in [1.82, 2.24) is 5.32 Å². The highest BCUT2D eigenvalue weighted by molar-refractivity contribution is 6.33. The van der Waals surface area contributed by atoms with Crippen molar-refractivity contribution in [2.45, 2.75) is 52.1 Å². The Balaban J connectivity index is 2.04. The first-order valence-corrected chi connectivity index (χ1v) is 7.89. The van der Waals surface area contributed by atoms with Crippen molar-refractivity contribution in [3.05, 3.63) is 28.8 Å². The molecule has 0 spiro atoms. The zero-order valence-electron chi connectivity index (χ0n) is 12.1. The van der Waals surface area contributed by atoms with Crippen LogP contribution in [0, 0.1) is 0 Å². The van der Waals surface area contributed by atoms with Gasteiger partial charge in [-0.15, -0.1) is 0 Å². The van der Waals surface area contributed by atoms with Gasteiger partial charge in [-0.05, 0) is 49.9 Å². The fourth-order valence-electron chi connectivity index (χ4n) is 2.43. The number of hydrogen-bond acceptors (Lipinski definition) is 2. The van der Waals surface area contributed by atoms with Gasteiger partial charge in [0.1, 0.15) is 0 Å². The van der Waals surface area contributed by atoms with Crippen molar-refractivity contribution < 1.29 is 0 Å². The molecule has 0 bridgehead atoms. The first-order chi connectivity index (χ1) is 9.26. The summed E-state index contributed by atoms with van der Waals surface area (Å²) in [5, 5.41) is 4.31. The van der Waals surface area contributed by atoms with Crippen LogP contribution in [0.5, 0.6) is 0 Å². The van der Waals surface area contributed by atoms with E-state index in [9.17, 15) is 0 Å². The Morgan fingerprint density at radius 2 is 2.05 bits per heavy atom. The largest absolute Gasteiger partial charge is 0.367 e. The molecule has 0 heterocycles. The first-order valence-electron chi connectivity index (χ1n) is 7.52. The Hall–Kier alpha value is -0.730. The topological polar surface area (TPSA) is 15.3 Å². The van der Waals surface area contributed by atoms with Gasteiger partial charge >= 0.3 is 0 Å². The third-order valence-electron chi connectivity index (χ3n) is 3.53. The van der Waals surface area contributed by atoms with E-state index in [4.69, 9.17) is 11.6 Å². The second kappa shape index (κ2) is 7.16. The fraction of sp³-hybridized carbons (Fsp3) is 0.625. The molecule has 1 fully saturated rings. The number of halogens is 1. The highest BCUT2D eigenvalue weighted by atomic mass is 35.5. The lowest BCUT2D eigenvalue weighted by atomic mass is 10.1. The summed E-state index contributed by atoms with van der Waals surface area (Å²) in [5.74, 6) is 0. The fourth-order valence-corrected chi connectivity index (χ4v) is 2.74. The molecule has 1 aliphatic carbocycles. The summed E-state index contributed by atoms with van der Waals surface area (Å²) in [6.45, 7) is 7.49. The van der Waals surface area contributed by atoms with Crippen molar-refractivity contribution in [3.8, 4) is 0 Å². The van der Waals surface area contributed by atoms with Gasteiger partial charge in [0, 0.05) is 19.1 Å². The highest BCUT2D eigenvalue weighted by Crippen LogP contribution is 2.36. The lowest BCUT2D eigenvalue weighted by molar-refractivity contribution is 0.675. The number of benzene rings is 1. The zero-order chi connectivity index (χ0) is 13.7. The van der Waals surface area contributed by atoms with E-state index in [2.05, 4.69) is 42.3 Å². The number of anilines is 1. The van der Waals surface area contributed by atoms with E-state index in [1.165, 1.54) is 30.5 Å². The van der Waals surface area contributed by atoms with Crippen LogP contribution in [0.4, 0.5) is 5.69 Å². The van der Waals surface area contributed by atoms with Crippen LogP contribution in [0.25, 0.3) is 0 Å². The second-order valence-corrected chi connectivity index (χ2v) is 5.79. The molecule has 1 aliphatic rings. The van der Waals surface area contributed by atoms with Gasteiger partial charge in [0.25, 0.3) is 0 Å². The molecule has 0 unspecified atom stereocenters. The predicted octanol–water partition coefficient (Wildman–Crippen LogP) is 4.22. The number of hydrogen-bond donors (Lipinski definition) is 1. The maximum Gasteiger partial charge on any atom is 0.0642 e. The molecular weight excluding hydrogens is 256 g/mol. The van der Waals surface area contributed by atoms with Gasteiger partial charge in [-0.1, -0.05) is 31.5 Å². The van der Waals surface area contributed by atoms with E-state index < -0.39 is 0 Å². The SMILES string of the molecule is CCCNCc1ccc(N(CCC)C2CC2)c(Cl)c1. The van der Waals surface area contributed by atoms with Crippen molar-refractivity contribution in [2.75, 3.05) is 18.0 Å². The Labute approximate surface area is 122 Å². The highest BCUT2D eigenvalue weighted by Gasteiger charge is 2.29. The van der Waals surface area contributed by atoms with Crippen LogP contribution in [0.15, 0.2) is 18.2 Å². The summed E-state index contributed by atoms with van der Waals surface area (Å²) in [7, 11) is 0. The van der Waals surface area contributed by atoms with Crippen LogP contribution in [0.2, 0.25) is 5.02 Å². The molecule has 0 amide bonds. The molecule has 106 valence electrons. The summed E-state index contributed by atoms with van der Waals surface area (Å²) in [5.41, 5.74) is 2.49. The lowest BCUT2D eigenvalue weighted by Crippen LogP contribution is -2.26. The van der Waals surface area contributed by atoms with E-state index in [0.29, 0.717) is 0 Å². The molecule has 0 saturated heterocycles. The van der Waals surface area contributed by atoms with Crippen LogP contribution in [-0.2, 0) is 6.54 Å². The summed E-state index contributed by atoms with van der Waals surface area (Å²) in [6, 6.07) is 7.24. The number of nitrogens with zero attached hydrogens (tertiary/aromatic N) is 1. The number of nitrogens with one attached hydrogen (secondary N) is 1. The maximum absolute atomic E-state index is 6.48. The average molecular weight is 281 g/mol. The smallest absolute Gasteiger partial charge is 0.0642 e. The average Bonchev–Trinajstić information content (AvgIpc) is 3.21. The summed E-state index contributed by atoms with van der Waals surface area (Å²) < 4.78 is 0. The third-order valence-corrected chi connectivity index (χ3v) is 3.83. The van der Waals surface area contributed by atoms with E-state index in [1.54, 1.807) is 0 Å². The standard InChI is InChI=1S/C16H25ClN2/c1-3-9-18-12-13-5-8-16(15(17)11-13)19(10-4-2)14-6-7-14/h5,8,11,14,18H,3-4,6-7,9-10,12H2,1-2H3. The van der Waals surface area contributed by atoms with Gasteiger partial charge in [-0.3, -0.25) is 0 Å². The Morgan fingerprint density at radius 3 is 2.63 bits per heavy atom. The predicted molar refractivity (Wildman–Crippen MR) is 84.1 cm³/mol. The Bertz CT molecular complexity index is 402. The van der Waals surface area contributed by atoms with Gasteiger partial charge in [0.05, 0.1) is 10.7 Å². The summed E-state index contributed by atoms with van der Waals surface area (Å²) in [4.78, 5) is 2.48. The Morgan fingerprint density at radius 1 is 1.26 bits per heavy atom. The zero-order valence-corrected chi connectivity index (χ0v) is 12.8. The van der Waals surface area contributed by atoms with Crippen molar-refractivity contribution in [2.24, 2.45) is 0 Å². The van der Waals surface area contributed by atoms with Gasteiger partial charge < -0.3 is 10.2 Å². The quantitative estimate of drug-likeness (QED) is 0.717. The minimum atomic E-state index is 0.724. The third kappa shape index (κ3) is 4.12. The molecule has 19 heavy (non-hydrogen) atoms. The van der Waals surface area contributed by atoms with E-state index >= 15 is 0 Å². The van der Waals surface area contributed by atoms with Crippen molar-refractivity contribution in [1.29, 1.82) is 0 Å². The molecule has 3 heteroatoms. The molecule has 0 aromatic heterocycles. The first kappa shape index (κ1) is 14.7. The molecule has 1 saturated carbocycles. The molecule has 0 atom stereocenters. The van der Waals surface area contributed by atoms with Crippen LogP contribution in [-0.4, -0.2) is 19.1 Å². The summed E-state index contributed by atoms with van der Waals surface area (Å²) >= 11 is 6.48. The van der Waals surface area contributed by atoms with E-state index in [-0.39, 0.29) is 0 Å². The van der Waals surface area contributed by atoms with Crippen LogP contribution < -0.4 is 10.2 Å². The monoisotopic (exact) mass is 280 g/mol. The second-order valence-electron chi connectivity index (χ2n) is 5.39. The van der Waals surface area contributed by atoms with Gasteiger partial charge in [-0.25, -0.2) is 0 Å². The van der Waals surface area contributed by atoms with Gasteiger partial charge in [0.2, 0.25) is 0 Å². The lowest BCUT2D eigenvalue weighted by Gasteiger charge is -2.25. The molecule has 1 N–H and O–H groups in total. The summed E-state index contributed by atoms with van der Waals surface area (Å²) in [6.07, 6.45) is 4.97. The van der Waals surface area contributed by atoms with Crippen molar-refractivity contribution in [3.63, 3.8) is 0 Å². The van der Waals surface area contributed by atoms with Crippen molar-refractivity contribution >= 4 is 17.3 Å². The molecule has 2 rings (SSSR count). The van der Waals surface area contributed by atoms with E-state index in [1.807, 2.05) is 0 Å². The maximum atomic E-state index is 6.48. The van der Waals surface area contributed by atoms with Gasteiger partial charge in [0.15, 0.2) is 0 Å². The Kier molecular flexibility index (Phi) is 5.53. The number of rotatable bonds is 8. The van der Waals surface area contributed by atoms with E-state index in [0.717, 1.165) is 37.1 Å². The molecular formula is C16H25ClN2. The molecule has 0 aliphatic heterocycles. The van der Waals surface area contributed by atoms with Crippen LogP contribution in [0.3, 0.4) is 0 Å². The van der Waals surface area contributed by atoms with Crippen LogP contribution in [0.1, 0.15) is 45.1 Å². The molecule has 2 nitrogen and oxygen atoms in total. The minimum absolute atomic E-state index is 0.724. The molecule has 1 aromatic carbocycles. The molecule has 1 aromatic rings.